The third-order valence-electron chi connectivity index (χ3n) is 6.51. The Morgan fingerprint density at radius 2 is 1.89 bits per heavy atom. The molecule has 3 fully saturated rings. The van der Waals surface area contributed by atoms with Gasteiger partial charge >= 0.3 is 6.03 Å². The molecule has 2 aliphatic heterocycles. The fourth-order valence-electron chi connectivity index (χ4n) is 5.08. The maximum atomic E-state index is 12.5. The Labute approximate surface area is 165 Å². The fraction of sp³-hybridized carbons (Fsp3) is 0.571. The van der Waals surface area contributed by atoms with E-state index in [9.17, 15) is 4.79 Å². The van der Waals surface area contributed by atoms with Crippen LogP contribution < -0.4 is 5.32 Å². The molecule has 1 unspecified atom stereocenters. The van der Waals surface area contributed by atoms with Crippen molar-refractivity contribution in [1.29, 1.82) is 0 Å². The van der Waals surface area contributed by atoms with Crippen molar-refractivity contribution in [2.75, 3.05) is 26.7 Å². The number of aromatic nitrogens is 2. The highest BCUT2D eigenvalue weighted by Gasteiger charge is 2.53. The van der Waals surface area contributed by atoms with Gasteiger partial charge < -0.3 is 14.6 Å². The lowest BCUT2D eigenvalue weighted by Gasteiger charge is -2.48. The third kappa shape index (κ3) is 3.17. The molecule has 7 heteroatoms. The molecular formula is C21H27N5O2. The number of benzene rings is 1. The average molecular weight is 381 g/mol. The minimum Gasteiger partial charge on any atom is -0.419 e. The minimum absolute atomic E-state index is 0.104. The molecular weight excluding hydrogens is 354 g/mol. The van der Waals surface area contributed by atoms with E-state index in [1.54, 1.807) is 0 Å². The molecule has 3 heterocycles. The lowest BCUT2D eigenvalue weighted by molar-refractivity contribution is 0.0391. The summed E-state index contributed by atoms with van der Waals surface area (Å²) < 4.78 is 5.99. The van der Waals surface area contributed by atoms with Crippen molar-refractivity contribution in [2.45, 2.75) is 44.2 Å². The molecule has 1 N–H and O–H groups in total. The molecule has 7 nitrogen and oxygen atoms in total. The Bertz CT molecular complexity index is 839. The number of rotatable bonds is 3. The van der Waals surface area contributed by atoms with E-state index >= 15 is 0 Å². The van der Waals surface area contributed by atoms with Crippen molar-refractivity contribution < 1.29 is 9.21 Å². The van der Waals surface area contributed by atoms with Crippen LogP contribution in [0.5, 0.6) is 0 Å². The maximum Gasteiger partial charge on any atom is 0.317 e. The summed E-state index contributed by atoms with van der Waals surface area (Å²) in [5.41, 5.74) is 1.09. The van der Waals surface area contributed by atoms with Gasteiger partial charge in [0.1, 0.15) is 0 Å². The first-order valence-electron chi connectivity index (χ1n) is 10.3. The molecule has 0 bridgehead atoms. The van der Waals surface area contributed by atoms with Crippen LogP contribution in [0, 0.1) is 5.41 Å². The van der Waals surface area contributed by atoms with Gasteiger partial charge in [0, 0.05) is 36.7 Å². The van der Waals surface area contributed by atoms with Gasteiger partial charge in [-0.15, -0.1) is 10.2 Å². The summed E-state index contributed by atoms with van der Waals surface area (Å²) in [6.45, 7) is 2.58. The molecule has 1 spiro atoms. The second kappa shape index (κ2) is 6.88. The van der Waals surface area contributed by atoms with Crippen molar-refractivity contribution in [1.82, 2.24) is 25.3 Å². The van der Waals surface area contributed by atoms with Gasteiger partial charge in [0.25, 0.3) is 0 Å². The molecule has 3 aliphatic rings. The average Bonchev–Trinajstić information content (AvgIpc) is 3.40. The normalized spacial score (nSPS) is 24.6. The monoisotopic (exact) mass is 381 g/mol. The molecule has 1 aliphatic carbocycles. The highest BCUT2D eigenvalue weighted by molar-refractivity contribution is 5.75. The molecule has 1 aromatic carbocycles. The number of amides is 2. The molecule has 1 saturated carbocycles. The van der Waals surface area contributed by atoms with E-state index in [1.807, 2.05) is 35.2 Å². The van der Waals surface area contributed by atoms with Crippen LogP contribution in [0.2, 0.25) is 0 Å². The summed E-state index contributed by atoms with van der Waals surface area (Å²) >= 11 is 0. The lowest BCUT2D eigenvalue weighted by Crippen LogP contribution is -2.62. The van der Waals surface area contributed by atoms with Gasteiger partial charge in [-0.25, -0.2) is 4.79 Å². The zero-order chi connectivity index (χ0) is 19.1. The van der Waals surface area contributed by atoms with E-state index < -0.39 is 0 Å². The SMILES string of the molecule is CN1CC2(CC1c1nnc(-c3ccccc3)o1)CN(C(=O)NC1CCCC1)C2. The first-order chi connectivity index (χ1) is 13.6. The van der Waals surface area contributed by atoms with Gasteiger partial charge in [-0.2, -0.15) is 0 Å². The van der Waals surface area contributed by atoms with Crippen molar-refractivity contribution in [3.63, 3.8) is 0 Å². The Kier molecular flexibility index (Phi) is 4.34. The van der Waals surface area contributed by atoms with Crippen molar-refractivity contribution in [2.24, 2.45) is 5.41 Å². The van der Waals surface area contributed by atoms with Crippen LogP contribution in [0.4, 0.5) is 4.79 Å². The summed E-state index contributed by atoms with van der Waals surface area (Å²) in [4.78, 5) is 16.7. The van der Waals surface area contributed by atoms with Gasteiger partial charge in [0.15, 0.2) is 0 Å². The molecule has 1 atom stereocenters. The highest BCUT2D eigenvalue weighted by Crippen LogP contribution is 2.47. The highest BCUT2D eigenvalue weighted by atomic mass is 16.4. The summed E-state index contributed by atoms with van der Waals surface area (Å²) in [5, 5.41) is 11.8. The Morgan fingerprint density at radius 3 is 2.64 bits per heavy atom. The van der Waals surface area contributed by atoms with Crippen molar-refractivity contribution >= 4 is 6.03 Å². The predicted octanol–water partition coefficient (Wildman–Crippen LogP) is 3.07. The van der Waals surface area contributed by atoms with Crippen LogP contribution in [0.25, 0.3) is 11.5 Å². The first-order valence-corrected chi connectivity index (χ1v) is 10.3. The first kappa shape index (κ1) is 17.7. The number of likely N-dealkylation sites (tertiary alicyclic amines) is 2. The summed E-state index contributed by atoms with van der Waals surface area (Å²) in [6, 6.07) is 10.5. The molecule has 2 aromatic rings. The molecule has 2 amide bonds. The number of nitrogens with one attached hydrogen (secondary N) is 1. The Hall–Kier alpha value is -2.41. The second-order valence-electron chi connectivity index (χ2n) is 8.73. The van der Waals surface area contributed by atoms with Crippen LogP contribution in [0.3, 0.4) is 0 Å². The van der Waals surface area contributed by atoms with Gasteiger partial charge in [-0.1, -0.05) is 31.0 Å². The van der Waals surface area contributed by atoms with Crippen LogP contribution in [-0.4, -0.2) is 58.8 Å². The van der Waals surface area contributed by atoms with Gasteiger partial charge in [0.05, 0.1) is 6.04 Å². The van der Waals surface area contributed by atoms with E-state index in [2.05, 4.69) is 27.5 Å². The fourth-order valence-corrected chi connectivity index (χ4v) is 5.08. The number of urea groups is 1. The molecule has 0 radical (unpaired) electrons. The van der Waals surface area contributed by atoms with Crippen molar-refractivity contribution in [3.05, 3.63) is 36.2 Å². The van der Waals surface area contributed by atoms with E-state index in [1.165, 1.54) is 12.8 Å². The molecule has 148 valence electrons. The van der Waals surface area contributed by atoms with Crippen molar-refractivity contribution in [3.8, 4) is 11.5 Å². The van der Waals surface area contributed by atoms with E-state index in [-0.39, 0.29) is 17.5 Å². The topological polar surface area (TPSA) is 74.5 Å². The number of carbonyl (C=O) groups excluding carboxylic acids is 1. The van der Waals surface area contributed by atoms with E-state index in [4.69, 9.17) is 4.42 Å². The largest absolute Gasteiger partial charge is 0.419 e. The summed E-state index contributed by atoms with van der Waals surface area (Å²) in [5.74, 6) is 1.24. The number of nitrogens with zero attached hydrogens (tertiary/aromatic N) is 4. The van der Waals surface area contributed by atoms with E-state index in [0.29, 0.717) is 17.8 Å². The van der Waals surface area contributed by atoms with Gasteiger partial charge in [-0.3, -0.25) is 4.90 Å². The van der Waals surface area contributed by atoms with E-state index in [0.717, 1.165) is 44.5 Å². The second-order valence-corrected chi connectivity index (χ2v) is 8.73. The van der Waals surface area contributed by atoms with Crippen LogP contribution in [0.15, 0.2) is 34.7 Å². The maximum absolute atomic E-state index is 12.5. The molecule has 1 aromatic heterocycles. The summed E-state index contributed by atoms with van der Waals surface area (Å²) in [7, 11) is 2.10. The molecule has 2 saturated heterocycles. The van der Waals surface area contributed by atoms with Gasteiger partial charge in [0.2, 0.25) is 11.8 Å². The smallest absolute Gasteiger partial charge is 0.317 e. The molecule has 28 heavy (non-hydrogen) atoms. The Morgan fingerprint density at radius 1 is 1.14 bits per heavy atom. The number of carbonyl (C=O) groups is 1. The third-order valence-corrected chi connectivity index (χ3v) is 6.51. The predicted molar refractivity (Wildman–Crippen MR) is 105 cm³/mol. The van der Waals surface area contributed by atoms with Crippen LogP contribution in [-0.2, 0) is 0 Å². The molecule has 5 rings (SSSR count). The zero-order valence-electron chi connectivity index (χ0n) is 16.3. The van der Waals surface area contributed by atoms with Gasteiger partial charge in [-0.05, 0) is 38.4 Å². The Balaban J connectivity index is 1.22. The standard InChI is InChI=1S/C21H27N5O2/c1-25-12-21(13-26(14-21)20(27)22-16-9-5-6-10-16)11-17(25)19-24-23-18(28-19)15-7-3-2-4-8-15/h2-4,7-8,16-17H,5-6,9-14H2,1H3,(H,22,27). The lowest BCUT2D eigenvalue weighted by atomic mass is 9.78. The summed E-state index contributed by atoms with van der Waals surface area (Å²) in [6.07, 6.45) is 5.66. The van der Waals surface area contributed by atoms with Crippen LogP contribution >= 0.6 is 0 Å². The quantitative estimate of drug-likeness (QED) is 0.884. The minimum atomic E-state index is 0.104. The number of hydrogen-bond donors (Lipinski definition) is 1. The van der Waals surface area contributed by atoms with Crippen LogP contribution in [0.1, 0.15) is 44.0 Å². The zero-order valence-corrected chi connectivity index (χ0v) is 16.3. The number of hydrogen-bond acceptors (Lipinski definition) is 5.